The van der Waals surface area contributed by atoms with E-state index in [1.165, 1.54) is 0 Å². The van der Waals surface area contributed by atoms with Gasteiger partial charge in [0, 0.05) is 32.8 Å². The van der Waals surface area contributed by atoms with Crippen LogP contribution in [0.4, 0.5) is 4.79 Å². The monoisotopic (exact) mass is 244 g/mol. The number of rotatable bonds is 5. The second-order valence-electron chi connectivity index (χ2n) is 4.08. The zero-order chi connectivity index (χ0) is 12.7. The average molecular weight is 244 g/mol. The van der Waals surface area contributed by atoms with Gasteiger partial charge in [-0.25, -0.2) is 4.79 Å². The van der Waals surface area contributed by atoms with Crippen molar-refractivity contribution in [3.63, 3.8) is 0 Å². The lowest BCUT2D eigenvalue weighted by Gasteiger charge is -2.14. The van der Waals surface area contributed by atoms with E-state index in [1.54, 1.807) is 7.11 Å². The molecule has 7 heteroatoms. The van der Waals surface area contributed by atoms with Crippen LogP contribution in [0, 0.1) is 0 Å². The molecule has 0 aromatic rings. The fourth-order valence-corrected chi connectivity index (χ4v) is 1.69. The van der Waals surface area contributed by atoms with Crippen molar-refractivity contribution < 1.29 is 14.3 Å². The number of urea groups is 1. The summed E-state index contributed by atoms with van der Waals surface area (Å²) in [4.78, 5) is 24.6. The number of carbonyl (C=O) groups excluding carboxylic acids is 2. The third kappa shape index (κ3) is 5.62. The number of ether oxygens (including phenoxy) is 1. The van der Waals surface area contributed by atoms with Crippen LogP contribution in [0.2, 0.25) is 0 Å². The Morgan fingerprint density at radius 2 is 2.29 bits per heavy atom. The number of imide groups is 1. The van der Waals surface area contributed by atoms with Crippen molar-refractivity contribution in [1.29, 1.82) is 0 Å². The Balaban J connectivity index is 2.13. The standard InChI is InChI=1S/C10H20N4O3/c1-17-5-3-12-10(16)13-9(15)7-14-4-2-8(11)6-14/h8H,2-7,11H2,1H3,(H2,12,13,15,16)/t8-/m0/s1. The number of hydrogen-bond donors (Lipinski definition) is 3. The maximum absolute atomic E-state index is 11.5. The summed E-state index contributed by atoms with van der Waals surface area (Å²) in [6, 6.07) is -0.353. The van der Waals surface area contributed by atoms with E-state index < -0.39 is 6.03 Å². The molecule has 4 N–H and O–H groups in total. The first-order valence-electron chi connectivity index (χ1n) is 5.66. The molecular weight excluding hydrogens is 224 g/mol. The number of amides is 3. The van der Waals surface area contributed by atoms with Gasteiger partial charge in [0.25, 0.3) is 0 Å². The minimum absolute atomic E-state index is 0.137. The van der Waals surface area contributed by atoms with Gasteiger partial charge in [-0.15, -0.1) is 0 Å². The van der Waals surface area contributed by atoms with E-state index in [0.29, 0.717) is 19.7 Å². The molecule has 1 atom stereocenters. The second-order valence-corrected chi connectivity index (χ2v) is 4.08. The van der Waals surface area contributed by atoms with Crippen molar-refractivity contribution in [2.45, 2.75) is 12.5 Å². The summed E-state index contributed by atoms with van der Waals surface area (Å²) in [7, 11) is 1.54. The Morgan fingerprint density at radius 3 is 2.88 bits per heavy atom. The fraction of sp³-hybridized carbons (Fsp3) is 0.800. The number of methoxy groups -OCH3 is 1. The van der Waals surface area contributed by atoms with Crippen molar-refractivity contribution in [1.82, 2.24) is 15.5 Å². The Kier molecular flexibility index (Phi) is 5.88. The van der Waals surface area contributed by atoms with Gasteiger partial charge in [0.1, 0.15) is 0 Å². The Bertz CT molecular complexity index is 272. The first-order chi connectivity index (χ1) is 8.11. The zero-order valence-electron chi connectivity index (χ0n) is 10.1. The molecule has 0 unspecified atom stereocenters. The Morgan fingerprint density at radius 1 is 1.53 bits per heavy atom. The molecule has 1 aliphatic heterocycles. The Hall–Kier alpha value is -1.18. The number of likely N-dealkylation sites (tertiary alicyclic amines) is 1. The molecule has 3 amide bonds. The third-order valence-corrected chi connectivity index (χ3v) is 2.52. The van der Waals surface area contributed by atoms with E-state index >= 15 is 0 Å². The second kappa shape index (κ2) is 7.21. The highest BCUT2D eigenvalue weighted by atomic mass is 16.5. The maximum Gasteiger partial charge on any atom is 0.321 e. The van der Waals surface area contributed by atoms with E-state index in [-0.39, 0.29) is 18.5 Å². The molecule has 1 rings (SSSR count). The third-order valence-electron chi connectivity index (χ3n) is 2.52. The van der Waals surface area contributed by atoms with Crippen molar-refractivity contribution in [2.24, 2.45) is 5.73 Å². The van der Waals surface area contributed by atoms with Gasteiger partial charge in [0.2, 0.25) is 5.91 Å². The number of nitrogens with two attached hydrogens (primary N) is 1. The summed E-state index contributed by atoms with van der Waals surface area (Å²) >= 11 is 0. The molecule has 7 nitrogen and oxygen atoms in total. The van der Waals surface area contributed by atoms with Crippen molar-refractivity contribution in [2.75, 3.05) is 39.9 Å². The van der Waals surface area contributed by atoms with E-state index in [4.69, 9.17) is 10.5 Å². The van der Waals surface area contributed by atoms with Gasteiger partial charge in [-0.05, 0) is 6.42 Å². The molecular formula is C10H20N4O3. The predicted octanol–water partition coefficient (Wildman–Crippen LogP) is -1.51. The molecule has 0 bridgehead atoms. The van der Waals surface area contributed by atoms with Crippen LogP contribution < -0.4 is 16.4 Å². The highest BCUT2D eigenvalue weighted by molar-refractivity contribution is 5.95. The van der Waals surface area contributed by atoms with Crippen LogP contribution in [0.15, 0.2) is 0 Å². The van der Waals surface area contributed by atoms with E-state index in [2.05, 4.69) is 10.6 Å². The summed E-state index contributed by atoms with van der Waals surface area (Å²) in [5, 5.41) is 4.76. The van der Waals surface area contributed by atoms with Gasteiger partial charge in [0.05, 0.1) is 13.2 Å². The van der Waals surface area contributed by atoms with Gasteiger partial charge in [-0.3, -0.25) is 15.0 Å². The van der Waals surface area contributed by atoms with Crippen LogP contribution in [0.25, 0.3) is 0 Å². The fourth-order valence-electron chi connectivity index (χ4n) is 1.69. The smallest absolute Gasteiger partial charge is 0.321 e. The Labute approximate surface area is 101 Å². The largest absolute Gasteiger partial charge is 0.383 e. The molecule has 0 aliphatic carbocycles. The highest BCUT2D eigenvalue weighted by Crippen LogP contribution is 2.05. The molecule has 1 heterocycles. The van der Waals surface area contributed by atoms with Crippen LogP contribution >= 0.6 is 0 Å². The SMILES string of the molecule is COCCNC(=O)NC(=O)CN1CC[C@H](N)C1. The van der Waals surface area contributed by atoms with Gasteiger partial charge < -0.3 is 15.8 Å². The van der Waals surface area contributed by atoms with Crippen LogP contribution in [0.3, 0.4) is 0 Å². The number of carbonyl (C=O) groups is 2. The summed E-state index contributed by atoms with van der Waals surface area (Å²) in [5.41, 5.74) is 5.72. The first-order valence-corrected chi connectivity index (χ1v) is 5.66. The van der Waals surface area contributed by atoms with E-state index in [0.717, 1.165) is 13.0 Å². The number of nitrogens with zero attached hydrogens (tertiary/aromatic N) is 1. The minimum Gasteiger partial charge on any atom is -0.383 e. The summed E-state index contributed by atoms with van der Waals surface area (Å²) < 4.78 is 4.77. The van der Waals surface area contributed by atoms with Crippen LogP contribution in [0.5, 0.6) is 0 Å². The van der Waals surface area contributed by atoms with Crippen molar-refractivity contribution in [3.8, 4) is 0 Å². The molecule has 1 saturated heterocycles. The van der Waals surface area contributed by atoms with Crippen molar-refractivity contribution in [3.05, 3.63) is 0 Å². The van der Waals surface area contributed by atoms with Crippen LogP contribution in [0.1, 0.15) is 6.42 Å². The van der Waals surface area contributed by atoms with Crippen LogP contribution in [-0.4, -0.2) is 62.8 Å². The van der Waals surface area contributed by atoms with Gasteiger partial charge >= 0.3 is 6.03 Å². The van der Waals surface area contributed by atoms with Gasteiger partial charge in [-0.1, -0.05) is 0 Å². The van der Waals surface area contributed by atoms with Crippen LogP contribution in [-0.2, 0) is 9.53 Å². The quantitative estimate of drug-likeness (QED) is 0.511. The summed E-state index contributed by atoms with van der Waals surface area (Å²) in [5.74, 6) is -0.311. The normalized spacial score (nSPS) is 20.2. The lowest BCUT2D eigenvalue weighted by atomic mass is 10.3. The van der Waals surface area contributed by atoms with E-state index in [9.17, 15) is 9.59 Å². The molecule has 1 aliphatic rings. The van der Waals surface area contributed by atoms with Crippen molar-refractivity contribution >= 4 is 11.9 Å². The molecule has 0 saturated carbocycles. The zero-order valence-corrected chi connectivity index (χ0v) is 10.1. The lowest BCUT2D eigenvalue weighted by Crippen LogP contribution is -2.45. The van der Waals surface area contributed by atoms with E-state index in [1.807, 2.05) is 4.90 Å². The molecule has 0 aromatic carbocycles. The molecule has 0 spiro atoms. The first kappa shape index (κ1) is 13.9. The maximum atomic E-state index is 11.5. The highest BCUT2D eigenvalue weighted by Gasteiger charge is 2.21. The summed E-state index contributed by atoms with van der Waals surface area (Å²) in [6.07, 6.45) is 0.896. The minimum atomic E-state index is -0.490. The molecule has 98 valence electrons. The molecule has 0 radical (unpaired) electrons. The average Bonchev–Trinajstić information content (AvgIpc) is 2.64. The van der Waals surface area contributed by atoms with Gasteiger partial charge in [-0.2, -0.15) is 0 Å². The summed E-state index contributed by atoms with van der Waals surface area (Å²) in [6.45, 7) is 2.52. The topological polar surface area (TPSA) is 96.7 Å². The number of hydrogen-bond acceptors (Lipinski definition) is 5. The molecule has 0 aromatic heterocycles. The predicted molar refractivity (Wildman–Crippen MR) is 62.4 cm³/mol. The lowest BCUT2D eigenvalue weighted by molar-refractivity contribution is -0.120. The van der Waals surface area contributed by atoms with Gasteiger partial charge in [0.15, 0.2) is 0 Å². The number of nitrogens with one attached hydrogen (secondary N) is 2. The molecule has 17 heavy (non-hydrogen) atoms. The molecule has 1 fully saturated rings.